The van der Waals surface area contributed by atoms with Gasteiger partial charge in [0, 0.05) is 17.3 Å². The highest BCUT2D eigenvalue weighted by atomic mass is 15.3. The Morgan fingerprint density at radius 1 is 1.47 bits per heavy atom. The predicted molar refractivity (Wildman–Crippen MR) is 71.2 cm³/mol. The molecule has 1 N–H and O–H groups in total. The zero-order valence-corrected chi connectivity index (χ0v) is 11.4. The Bertz CT molecular complexity index is 350. The molecule has 2 rings (SSSR count). The van der Waals surface area contributed by atoms with Gasteiger partial charge in [-0.2, -0.15) is 5.10 Å². The van der Waals surface area contributed by atoms with E-state index in [0.717, 1.165) is 6.54 Å². The van der Waals surface area contributed by atoms with Gasteiger partial charge in [-0.1, -0.05) is 19.8 Å². The van der Waals surface area contributed by atoms with E-state index in [9.17, 15) is 0 Å². The molecule has 0 aromatic carbocycles. The fraction of sp³-hybridized carbons (Fsp3) is 0.786. The zero-order chi connectivity index (χ0) is 12.3. The smallest absolute Gasteiger partial charge is 0.0540 e. The molecule has 1 aliphatic carbocycles. The molecule has 1 fully saturated rings. The molecule has 1 aromatic heterocycles. The SMILES string of the molecule is CCCNC(C)c1cnn(C2CCCC2)c1C. The van der Waals surface area contributed by atoms with E-state index in [-0.39, 0.29) is 0 Å². The molecule has 0 amide bonds. The number of nitrogens with one attached hydrogen (secondary N) is 1. The van der Waals surface area contributed by atoms with Crippen LogP contribution in [-0.2, 0) is 0 Å². The molecule has 1 aromatic rings. The summed E-state index contributed by atoms with van der Waals surface area (Å²) in [6.07, 6.45) is 8.57. The largest absolute Gasteiger partial charge is 0.310 e. The van der Waals surface area contributed by atoms with Gasteiger partial charge in [0.2, 0.25) is 0 Å². The molecule has 1 aliphatic rings. The van der Waals surface area contributed by atoms with E-state index >= 15 is 0 Å². The summed E-state index contributed by atoms with van der Waals surface area (Å²) >= 11 is 0. The van der Waals surface area contributed by atoms with Gasteiger partial charge in [0.25, 0.3) is 0 Å². The summed E-state index contributed by atoms with van der Waals surface area (Å²) in [5.41, 5.74) is 2.72. The number of aromatic nitrogens is 2. The van der Waals surface area contributed by atoms with Crippen molar-refractivity contribution in [2.24, 2.45) is 0 Å². The van der Waals surface area contributed by atoms with Crippen LogP contribution in [0.1, 0.15) is 69.3 Å². The van der Waals surface area contributed by atoms with Crippen molar-refractivity contribution < 1.29 is 0 Å². The standard InChI is InChI=1S/C14H25N3/c1-4-9-15-11(2)14-10-16-17(12(14)3)13-7-5-6-8-13/h10-11,13,15H,4-9H2,1-3H3. The number of nitrogens with zero attached hydrogens (tertiary/aromatic N) is 2. The first-order valence-electron chi connectivity index (χ1n) is 7.01. The predicted octanol–water partition coefficient (Wildman–Crippen LogP) is 3.37. The summed E-state index contributed by atoms with van der Waals surface area (Å²) in [5.74, 6) is 0. The molecular formula is C14H25N3. The van der Waals surface area contributed by atoms with Crippen molar-refractivity contribution in [3.63, 3.8) is 0 Å². The van der Waals surface area contributed by atoms with Crippen molar-refractivity contribution >= 4 is 0 Å². The van der Waals surface area contributed by atoms with Crippen molar-refractivity contribution in [1.29, 1.82) is 0 Å². The van der Waals surface area contributed by atoms with Gasteiger partial charge >= 0.3 is 0 Å². The van der Waals surface area contributed by atoms with Crippen molar-refractivity contribution in [3.8, 4) is 0 Å². The molecule has 1 heterocycles. The van der Waals surface area contributed by atoms with Crippen molar-refractivity contribution in [1.82, 2.24) is 15.1 Å². The van der Waals surface area contributed by atoms with Crippen LogP contribution in [0, 0.1) is 6.92 Å². The Morgan fingerprint density at radius 3 is 2.82 bits per heavy atom. The van der Waals surface area contributed by atoms with Gasteiger partial charge in [-0.15, -0.1) is 0 Å². The highest BCUT2D eigenvalue weighted by Crippen LogP contribution is 2.31. The summed E-state index contributed by atoms with van der Waals surface area (Å²) in [6.45, 7) is 7.73. The molecule has 1 unspecified atom stereocenters. The molecule has 17 heavy (non-hydrogen) atoms. The van der Waals surface area contributed by atoms with Gasteiger partial charge in [0.15, 0.2) is 0 Å². The van der Waals surface area contributed by atoms with Crippen LogP contribution in [0.5, 0.6) is 0 Å². The molecule has 0 spiro atoms. The average Bonchev–Trinajstić information content (AvgIpc) is 2.94. The normalized spacial score (nSPS) is 18.8. The zero-order valence-electron chi connectivity index (χ0n) is 11.4. The number of hydrogen-bond acceptors (Lipinski definition) is 2. The van der Waals surface area contributed by atoms with Gasteiger partial charge in [-0.25, -0.2) is 0 Å². The number of hydrogen-bond donors (Lipinski definition) is 1. The molecule has 0 saturated heterocycles. The molecule has 0 bridgehead atoms. The first-order valence-corrected chi connectivity index (χ1v) is 7.01. The van der Waals surface area contributed by atoms with E-state index in [4.69, 9.17) is 0 Å². The Labute approximate surface area is 105 Å². The maximum atomic E-state index is 4.60. The third-order valence-corrected chi connectivity index (χ3v) is 3.92. The Morgan fingerprint density at radius 2 is 2.18 bits per heavy atom. The summed E-state index contributed by atoms with van der Waals surface area (Å²) < 4.78 is 2.26. The molecule has 3 nitrogen and oxygen atoms in total. The van der Waals surface area contributed by atoms with Crippen LogP contribution in [0.2, 0.25) is 0 Å². The maximum absolute atomic E-state index is 4.60. The Balaban J connectivity index is 2.08. The third-order valence-electron chi connectivity index (χ3n) is 3.92. The summed E-state index contributed by atoms with van der Waals surface area (Å²) in [4.78, 5) is 0. The van der Waals surface area contributed by atoms with Crippen LogP contribution in [0.25, 0.3) is 0 Å². The second kappa shape index (κ2) is 5.67. The van der Waals surface area contributed by atoms with E-state index < -0.39 is 0 Å². The van der Waals surface area contributed by atoms with Gasteiger partial charge < -0.3 is 5.32 Å². The Kier molecular flexibility index (Phi) is 4.21. The van der Waals surface area contributed by atoms with E-state index in [1.807, 2.05) is 0 Å². The lowest BCUT2D eigenvalue weighted by molar-refractivity contribution is 0.454. The van der Waals surface area contributed by atoms with Crippen LogP contribution in [-0.4, -0.2) is 16.3 Å². The lowest BCUT2D eigenvalue weighted by Gasteiger charge is -2.16. The summed E-state index contributed by atoms with van der Waals surface area (Å²) in [6, 6.07) is 1.08. The minimum atomic E-state index is 0.421. The maximum Gasteiger partial charge on any atom is 0.0540 e. The summed E-state index contributed by atoms with van der Waals surface area (Å²) in [5, 5.41) is 8.14. The highest BCUT2D eigenvalue weighted by molar-refractivity contribution is 5.20. The van der Waals surface area contributed by atoms with Gasteiger partial charge in [-0.05, 0) is 39.7 Å². The van der Waals surface area contributed by atoms with Gasteiger partial charge in [0.05, 0.1) is 12.2 Å². The molecule has 96 valence electrons. The minimum absolute atomic E-state index is 0.421. The second-order valence-corrected chi connectivity index (χ2v) is 5.24. The average molecular weight is 235 g/mol. The van der Waals surface area contributed by atoms with Crippen molar-refractivity contribution in [2.45, 2.75) is 65.0 Å². The van der Waals surface area contributed by atoms with E-state index in [1.54, 1.807) is 0 Å². The lowest BCUT2D eigenvalue weighted by Crippen LogP contribution is -2.20. The fourth-order valence-corrected chi connectivity index (χ4v) is 2.85. The lowest BCUT2D eigenvalue weighted by atomic mass is 10.1. The molecule has 3 heteroatoms. The van der Waals surface area contributed by atoms with Crippen molar-refractivity contribution in [2.75, 3.05) is 6.54 Å². The quantitative estimate of drug-likeness (QED) is 0.848. The van der Waals surface area contributed by atoms with E-state index in [1.165, 1.54) is 43.4 Å². The fourth-order valence-electron chi connectivity index (χ4n) is 2.85. The van der Waals surface area contributed by atoms with Crippen molar-refractivity contribution in [3.05, 3.63) is 17.5 Å². The van der Waals surface area contributed by atoms with Crippen LogP contribution in [0.15, 0.2) is 6.20 Å². The highest BCUT2D eigenvalue weighted by Gasteiger charge is 2.21. The summed E-state index contributed by atoms with van der Waals surface area (Å²) in [7, 11) is 0. The molecule has 0 radical (unpaired) electrons. The Hall–Kier alpha value is -0.830. The van der Waals surface area contributed by atoms with Crippen LogP contribution in [0.3, 0.4) is 0 Å². The minimum Gasteiger partial charge on any atom is -0.310 e. The number of rotatable bonds is 5. The van der Waals surface area contributed by atoms with Crippen LogP contribution >= 0.6 is 0 Å². The van der Waals surface area contributed by atoms with Gasteiger partial charge in [-0.3, -0.25) is 4.68 Å². The molecule has 1 saturated carbocycles. The first-order chi connectivity index (χ1) is 8.24. The molecule has 1 atom stereocenters. The first kappa shape index (κ1) is 12.6. The van der Waals surface area contributed by atoms with Gasteiger partial charge in [0.1, 0.15) is 0 Å². The van der Waals surface area contributed by atoms with Crippen LogP contribution in [0.4, 0.5) is 0 Å². The monoisotopic (exact) mass is 235 g/mol. The van der Waals surface area contributed by atoms with E-state index in [0.29, 0.717) is 12.1 Å². The second-order valence-electron chi connectivity index (χ2n) is 5.24. The topological polar surface area (TPSA) is 29.9 Å². The van der Waals surface area contributed by atoms with Crippen LogP contribution < -0.4 is 5.32 Å². The van der Waals surface area contributed by atoms with E-state index in [2.05, 4.69) is 42.1 Å². The third kappa shape index (κ3) is 2.71. The molecular weight excluding hydrogens is 210 g/mol. The molecule has 0 aliphatic heterocycles.